The third-order valence-electron chi connectivity index (χ3n) is 6.46. The Balaban J connectivity index is 1.45. The lowest BCUT2D eigenvalue weighted by atomic mass is 9.91. The van der Waals surface area contributed by atoms with Crippen molar-refractivity contribution in [2.24, 2.45) is 5.41 Å². The van der Waals surface area contributed by atoms with E-state index in [9.17, 15) is 19.5 Å². The van der Waals surface area contributed by atoms with Crippen molar-refractivity contribution in [3.05, 3.63) is 52.1 Å². The Kier molecular flexibility index (Phi) is 10.8. The summed E-state index contributed by atoms with van der Waals surface area (Å²) in [7, 11) is 0. The third kappa shape index (κ3) is 9.26. The number of hydrogen-bond donors (Lipinski definition) is 4. The van der Waals surface area contributed by atoms with Crippen LogP contribution in [0.3, 0.4) is 0 Å². The van der Waals surface area contributed by atoms with Crippen molar-refractivity contribution in [3.8, 4) is 5.88 Å². The van der Waals surface area contributed by atoms with Crippen molar-refractivity contribution >= 4 is 46.8 Å². The van der Waals surface area contributed by atoms with Gasteiger partial charge in [-0.1, -0.05) is 42.3 Å². The molecule has 1 atom stereocenters. The fourth-order valence-electron chi connectivity index (χ4n) is 4.22. The normalized spacial score (nSPS) is 15.3. The maximum atomic E-state index is 12.7. The van der Waals surface area contributed by atoms with Crippen molar-refractivity contribution in [1.82, 2.24) is 20.5 Å². The number of ether oxygens (including phenoxy) is 1. The van der Waals surface area contributed by atoms with E-state index >= 15 is 0 Å². The predicted octanol–water partition coefficient (Wildman–Crippen LogP) is 4.56. The van der Waals surface area contributed by atoms with E-state index in [0.717, 1.165) is 31.5 Å². The van der Waals surface area contributed by atoms with E-state index in [2.05, 4.69) is 25.8 Å². The first-order chi connectivity index (χ1) is 18.5. The molecule has 0 saturated carbocycles. The van der Waals surface area contributed by atoms with E-state index in [-0.39, 0.29) is 35.4 Å². The van der Waals surface area contributed by atoms with Gasteiger partial charge in [0, 0.05) is 44.1 Å². The topological polar surface area (TPSA) is 133 Å². The number of hydrogen-bond acceptors (Lipinski definition) is 6. The first kappa shape index (κ1) is 30.5. The number of pyridine rings is 1. The molecule has 2 aromatic rings. The number of halogens is 2. The molecule has 212 valence electrons. The second kappa shape index (κ2) is 13.8. The Hall–Kier alpha value is -3.08. The Morgan fingerprint density at radius 2 is 1.92 bits per heavy atom. The van der Waals surface area contributed by atoms with Crippen LogP contribution in [0.25, 0.3) is 0 Å². The van der Waals surface area contributed by atoms with Gasteiger partial charge in [-0.05, 0) is 56.9 Å². The Morgan fingerprint density at radius 1 is 1.21 bits per heavy atom. The highest BCUT2D eigenvalue weighted by molar-refractivity contribution is 6.35. The molecule has 0 bridgehead atoms. The number of carbonyl (C=O) groups is 3. The zero-order valence-electron chi connectivity index (χ0n) is 22.3. The number of amides is 3. The van der Waals surface area contributed by atoms with Gasteiger partial charge in [0.2, 0.25) is 5.88 Å². The number of nitrogens with one attached hydrogen (secondary N) is 3. The molecule has 1 aromatic heterocycles. The van der Waals surface area contributed by atoms with Crippen LogP contribution < -0.4 is 20.7 Å². The summed E-state index contributed by atoms with van der Waals surface area (Å²) < 4.78 is 5.68. The van der Waals surface area contributed by atoms with Gasteiger partial charge in [-0.2, -0.15) is 0 Å². The highest BCUT2D eigenvalue weighted by Crippen LogP contribution is 2.26. The van der Waals surface area contributed by atoms with E-state index in [1.807, 2.05) is 13.0 Å². The summed E-state index contributed by atoms with van der Waals surface area (Å²) in [5.74, 6) is -1.00. The molecule has 1 fully saturated rings. The smallest absolute Gasteiger partial charge is 0.319 e. The van der Waals surface area contributed by atoms with Crippen molar-refractivity contribution in [3.63, 3.8) is 0 Å². The molecule has 0 spiro atoms. The van der Waals surface area contributed by atoms with Crippen LogP contribution in [0, 0.1) is 5.41 Å². The van der Waals surface area contributed by atoms with Crippen molar-refractivity contribution in [1.29, 1.82) is 0 Å². The summed E-state index contributed by atoms with van der Waals surface area (Å²) in [6.45, 7) is 7.41. The minimum atomic E-state index is -0.817. The highest BCUT2D eigenvalue weighted by Gasteiger charge is 2.31. The van der Waals surface area contributed by atoms with Crippen LogP contribution in [0.4, 0.5) is 10.5 Å². The Bertz CT molecular complexity index is 1170. The zero-order valence-corrected chi connectivity index (χ0v) is 23.8. The standard InChI is InChI=1S/C27H35Cl2N5O5/c1-4-22(39-24-21(29)13-18(28)15-31-24)23(35)30-14-17-6-5-7-20(12-17)33-26(38)32-19-8-10-34(11-9-19)16-27(2,3)25(36)37/h5-7,12-13,15,19,22H,4,8-11,14,16H2,1-3H3,(H,30,35)(H,36,37)(H2,32,33,38)/t22-/m1/s1. The number of carboxylic acid groups (broad SMARTS) is 1. The summed E-state index contributed by atoms with van der Waals surface area (Å²) in [6.07, 6.45) is 2.50. The van der Waals surface area contributed by atoms with Crippen LogP contribution in [-0.2, 0) is 16.1 Å². The molecule has 0 unspecified atom stereocenters. The monoisotopic (exact) mass is 579 g/mol. The van der Waals surface area contributed by atoms with Gasteiger partial charge in [-0.25, -0.2) is 9.78 Å². The second-order valence-corrected chi connectivity index (χ2v) is 11.1. The fourth-order valence-corrected chi connectivity index (χ4v) is 4.65. The number of nitrogens with zero attached hydrogens (tertiary/aromatic N) is 2. The molecule has 2 heterocycles. The van der Waals surface area contributed by atoms with Gasteiger partial charge < -0.3 is 30.7 Å². The number of likely N-dealkylation sites (tertiary alicyclic amines) is 1. The number of aliphatic carboxylic acids is 1. The summed E-state index contributed by atoms with van der Waals surface area (Å²) in [4.78, 5) is 42.8. The first-order valence-corrected chi connectivity index (χ1v) is 13.6. The molecule has 3 amide bonds. The van der Waals surface area contributed by atoms with Gasteiger partial charge in [0.15, 0.2) is 6.10 Å². The molecule has 39 heavy (non-hydrogen) atoms. The number of carbonyl (C=O) groups excluding carboxylic acids is 2. The summed E-state index contributed by atoms with van der Waals surface area (Å²) >= 11 is 12.0. The quantitative estimate of drug-likeness (QED) is 0.306. The van der Waals surface area contributed by atoms with Crippen LogP contribution in [0.1, 0.15) is 45.6 Å². The van der Waals surface area contributed by atoms with Crippen molar-refractivity contribution in [2.45, 2.75) is 58.7 Å². The molecule has 1 aliphatic rings. The lowest BCUT2D eigenvalue weighted by molar-refractivity contribution is -0.148. The maximum Gasteiger partial charge on any atom is 0.319 e. The van der Waals surface area contributed by atoms with Crippen LogP contribution in [0.5, 0.6) is 5.88 Å². The summed E-state index contributed by atoms with van der Waals surface area (Å²) in [5.41, 5.74) is 0.585. The molecule has 1 saturated heterocycles. The van der Waals surface area contributed by atoms with E-state index in [1.54, 1.807) is 32.0 Å². The molecule has 3 rings (SSSR count). The third-order valence-corrected chi connectivity index (χ3v) is 6.94. The number of urea groups is 1. The number of benzene rings is 1. The molecule has 1 aromatic carbocycles. The van der Waals surface area contributed by atoms with Crippen molar-refractivity contribution < 1.29 is 24.2 Å². The number of aromatic nitrogens is 1. The van der Waals surface area contributed by atoms with Crippen LogP contribution >= 0.6 is 23.2 Å². The SMILES string of the molecule is CC[C@@H](Oc1ncc(Cl)cc1Cl)C(=O)NCc1cccc(NC(=O)NC2CCN(CC(C)(C)C(=O)O)CC2)c1. The predicted molar refractivity (Wildman–Crippen MR) is 150 cm³/mol. The van der Waals surface area contributed by atoms with E-state index < -0.39 is 17.5 Å². The number of carboxylic acids is 1. The second-order valence-electron chi connectivity index (χ2n) is 10.2. The summed E-state index contributed by atoms with van der Waals surface area (Å²) in [5, 5.41) is 18.6. The van der Waals surface area contributed by atoms with Gasteiger partial charge in [0.05, 0.1) is 10.4 Å². The lowest BCUT2D eigenvalue weighted by Gasteiger charge is -2.35. The van der Waals surface area contributed by atoms with Gasteiger partial charge in [-0.15, -0.1) is 0 Å². The molecule has 0 aliphatic carbocycles. The molecular weight excluding hydrogens is 545 g/mol. The van der Waals surface area contributed by atoms with Crippen LogP contribution in [0.15, 0.2) is 36.5 Å². The molecule has 12 heteroatoms. The van der Waals surface area contributed by atoms with E-state index in [0.29, 0.717) is 23.7 Å². The molecule has 1 aliphatic heterocycles. The molecular formula is C27H35Cl2N5O5. The van der Waals surface area contributed by atoms with E-state index in [4.69, 9.17) is 27.9 Å². The maximum absolute atomic E-state index is 12.7. The largest absolute Gasteiger partial charge is 0.481 e. The van der Waals surface area contributed by atoms with Crippen LogP contribution in [-0.4, -0.2) is 64.7 Å². The number of piperidine rings is 1. The first-order valence-electron chi connectivity index (χ1n) is 12.8. The molecule has 0 radical (unpaired) electrons. The molecule has 4 N–H and O–H groups in total. The average Bonchev–Trinajstić information content (AvgIpc) is 2.88. The lowest BCUT2D eigenvalue weighted by Crippen LogP contribution is -2.48. The summed E-state index contributed by atoms with van der Waals surface area (Å²) in [6, 6.07) is 8.39. The van der Waals surface area contributed by atoms with Gasteiger partial charge in [0.25, 0.3) is 5.91 Å². The number of rotatable bonds is 11. The van der Waals surface area contributed by atoms with Crippen molar-refractivity contribution in [2.75, 3.05) is 25.0 Å². The van der Waals surface area contributed by atoms with Gasteiger partial charge >= 0.3 is 12.0 Å². The van der Waals surface area contributed by atoms with Gasteiger partial charge in [-0.3, -0.25) is 9.59 Å². The minimum absolute atomic E-state index is 0.00581. The fraction of sp³-hybridized carbons (Fsp3) is 0.481. The van der Waals surface area contributed by atoms with Gasteiger partial charge in [0.1, 0.15) is 5.02 Å². The average molecular weight is 581 g/mol. The Morgan fingerprint density at radius 3 is 2.56 bits per heavy atom. The zero-order chi connectivity index (χ0) is 28.6. The van der Waals surface area contributed by atoms with Crippen LogP contribution in [0.2, 0.25) is 10.0 Å². The molecule has 10 nitrogen and oxygen atoms in total. The van der Waals surface area contributed by atoms with E-state index in [1.165, 1.54) is 12.3 Å². The Labute approximate surface area is 238 Å². The minimum Gasteiger partial charge on any atom is -0.481 e. The highest BCUT2D eigenvalue weighted by atomic mass is 35.5. The number of anilines is 1.